The van der Waals surface area contributed by atoms with Gasteiger partial charge in [0.2, 0.25) is 5.91 Å². The zero-order valence-corrected chi connectivity index (χ0v) is 14.6. The van der Waals surface area contributed by atoms with E-state index in [0.29, 0.717) is 13.0 Å². The molecule has 0 radical (unpaired) electrons. The first-order valence-electron chi connectivity index (χ1n) is 7.80. The van der Waals surface area contributed by atoms with E-state index in [1.54, 1.807) is 11.8 Å². The number of ether oxygens (including phenoxy) is 1. The van der Waals surface area contributed by atoms with E-state index in [1.807, 2.05) is 45.0 Å². The lowest BCUT2D eigenvalue weighted by Crippen LogP contribution is -2.74. The average Bonchev–Trinajstić information content (AvgIpc) is 2.47. The molecule has 1 fully saturated rings. The van der Waals surface area contributed by atoms with E-state index in [-0.39, 0.29) is 17.4 Å². The van der Waals surface area contributed by atoms with Crippen LogP contribution in [0.4, 0.5) is 5.69 Å². The third kappa shape index (κ3) is 3.03. The number of nitrogens with one attached hydrogen (secondary N) is 1. The van der Waals surface area contributed by atoms with Crippen molar-refractivity contribution in [2.24, 2.45) is 11.1 Å². The van der Waals surface area contributed by atoms with Crippen LogP contribution in [-0.2, 0) is 9.53 Å². The van der Waals surface area contributed by atoms with Gasteiger partial charge in [-0.25, -0.2) is 0 Å². The van der Waals surface area contributed by atoms with E-state index in [1.165, 1.54) is 0 Å². The highest BCUT2D eigenvalue weighted by atomic mass is 32.2. The molecule has 5 heteroatoms. The lowest BCUT2D eigenvalue weighted by Gasteiger charge is -2.57. The molecule has 2 rings (SSSR count). The Balaban J connectivity index is 2.08. The standard InChI is InChI=1S/C17H26N2O2S/c1-5-21-14-11-17(18,16(14,3)4)15(20)19-12-8-7-9-13(10-12)22-6-2/h7-10,14H,5-6,11,18H2,1-4H3,(H,19,20). The summed E-state index contributed by atoms with van der Waals surface area (Å²) in [6.45, 7) is 8.71. The van der Waals surface area contributed by atoms with Gasteiger partial charge in [0.1, 0.15) is 5.54 Å². The Morgan fingerprint density at radius 3 is 2.77 bits per heavy atom. The molecule has 0 aromatic heterocycles. The van der Waals surface area contributed by atoms with Crippen molar-refractivity contribution in [3.63, 3.8) is 0 Å². The summed E-state index contributed by atoms with van der Waals surface area (Å²) in [7, 11) is 0. The summed E-state index contributed by atoms with van der Waals surface area (Å²) in [6, 6.07) is 7.87. The second-order valence-corrected chi connectivity index (χ2v) is 7.59. The maximum Gasteiger partial charge on any atom is 0.245 e. The molecule has 0 bridgehead atoms. The number of amides is 1. The molecule has 22 heavy (non-hydrogen) atoms. The molecule has 1 aliphatic carbocycles. The van der Waals surface area contributed by atoms with Gasteiger partial charge in [-0.05, 0) is 30.9 Å². The molecule has 2 unspecified atom stereocenters. The van der Waals surface area contributed by atoms with Crippen molar-refractivity contribution in [1.82, 2.24) is 0 Å². The van der Waals surface area contributed by atoms with Gasteiger partial charge >= 0.3 is 0 Å². The molecular weight excluding hydrogens is 296 g/mol. The predicted octanol–water partition coefficient (Wildman–Crippen LogP) is 3.27. The minimum atomic E-state index is -0.888. The van der Waals surface area contributed by atoms with Crippen LogP contribution in [-0.4, -0.2) is 29.9 Å². The molecule has 1 aromatic rings. The number of anilines is 1. The minimum Gasteiger partial charge on any atom is -0.378 e. The number of rotatable bonds is 6. The Bertz CT molecular complexity index is 547. The molecule has 2 atom stereocenters. The SMILES string of the molecule is CCOC1CC(N)(C(=O)Nc2cccc(SCC)c2)C1(C)C. The maximum absolute atomic E-state index is 12.7. The lowest BCUT2D eigenvalue weighted by atomic mass is 9.54. The summed E-state index contributed by atoms with van der Waals surface area (Å²) in [5, 5.41) is 2.97. The lowest BCUT2D eigenvalue weighted by molar-refractivity contribution is -0.166. The van der Waals surface area contributed by atoms with E-state index in [9.17, 15) is 4.79 Å². The van der Waals surface area contributed by atoms with E-state index in [0.717, 1.165) is 16.3 Å². The molecule has 4 nitrogen and oxygen atoms in total. The van der Waals surface area contributed by atoms with Crippen LogP contribution in [0.15, 0.2) is 29.2 Å². The number of hydrogen-bond acceptors (Lipinski definition) is 4. The first kappa shape index (κ1) is 17.3. The van der Waals surface area contributed by atoms with Crippen LogP contribution < -0.4 is 11.1 Å². The minimum absolute atomic E-state index is 0.0373. The molecule has 0 heterocycles. The van der Waals surface area contributed by atoms with Gasteiger partial charge in [-0.2, -0.15) is 0 Å². The fraction of sp³-hybridized carbons (Fsp3) is 0.588. The van der Waals surface area contributed by atoms with Gasteiger partial charge in [0.05, 0.1) is 6.10 Å². The Kier molecular flexibility index (Phi) is 5.20. The molecular formula is C17H26N2O2S. The molecule has 1 saturated carbocycles. The number of nitrogens with two attached hydrogens (primary N) is 1. The fourth-order valence-corrected chi connectivity index (χ4v) is 3.61. The van der Waals surface area contributed by atoms with Crippen LogP contribution in [0.25, 0.3) is 0 Å². The Hall–Kier alpha value is -1.04. The molecule has 0 aliphatic heterocycles. The third-order valence-corrected chi connectivity index (χ3v) is 5.51. The van der Waals surface area contributed by atoms with Gasteiger partial charge in [0.25, 0.3) is 0 Å². The highest BCUT2D eigenvalue weighted by Crippen LogP contribution is 2.50. The molecule has 1 aliphatic rings. The summed E-state index contributed by atoms with van der Waals surface area (Å²) in [4.78, 5) is 13.8. The summed E-state index contributed by atoms with van der Waals surface area (Å²) >= 11 is 1.75. The van der Waals surface area contributed by atoms with E-state index in [2.05, 4.69) is 12.2 Å². The number of hydrogen-bond donors (Lipinski definition) is 2. The Morgan fingerprint density at radius 1 is 1.45 bits per heavy atom. The molecule has 122 valence electrons. The third-order valence-electron chi connectivity index (χ3n) is 4.64. The number of benzene rings is 1. The summed E-state index contributed by atoms with van der Waals surface area (Å²) in [5.74, 6) is 0.869. The van der Waals surface area contributed by atoms with Crippen molar-refractivity contribution < 1.29 is 9.53 Å². The predicted molar refractivity (Wildman–Crippen MR) is 92.2 cm³/mol. The van der Waals surface area contributed by atoms with Crippen molar-refractivity contribution >= 4 is 23.4 Å². The van der Waals surface area contributed by atoms with Crippen molar-refractivity contribution in [1.29, 1.82) is 0 Å². The quantitative estimate of drug-likeness (QED) is 0.789. The van der Waals surface area contributed by atoms with Gasteiger partial charge in [-0.1, -0.05) is 26.8 Å². The number of carbonyl (C=O) groups excluding carboxylic acids is 1. The van der Waals surface area contributed by atoms with Crippen LogP contribution >= 0.6 is 11.8 Å². The highest BCUT2D eigenvalue weighted by Gasteiger charge is 2.62. The molecule has 0 saturated heterocycles. The van der Waals surface area contributed by atoms with Crippen molar-refractivity contribution in [2.75, 3.05) is 17.7 Å². The fourth-order valence-electron chi connectivity index (χ4n) is 2.89. The maximum atomic E-state index is 12.7. The molecule has 1 aromatic carbocycles. The van der Waals surface area contributed by atoms with Gasteiger partial charge in [0, 0.05) is 29.0 Å². The van der Waals surface area contributed by atoms with Gasteiger partial charge in [0.15, 0.2) is 0 Å². The van der Waals surface area contributed by atoms with Gasteiger partial charge in [-0.3, -0.25) is 4.79 Å². The van der Waals surface area contributed by atoms with Gasteiger partial charge in [-0.15, -0.1) is 11.8 Å². The monoisotopic (exact) mass is 322 g/mol. The molecule has 1 amide bonds. The molecule has 3 N–H and O–H groups in total. The Morgan fingerprint density at radius 2 is 2.18 bits per heavy atom. The first-order chi connectivity index (χ1) is 10.3. The second-order valence-electron chi connectivity index (χ2n) is 6.26. The number of carbonyl (C=O) groups is 1. The average molecular weight is 322 g/mol. The summed E-state index contributed by atoms with van der Waals surface area (Å²) in [6.07, 6.45) is 0.596. The van der Waals surface area contributed by atoms with Crippen LogP contribution in [0.3, 0.4) is 0 Å². The van der Waals surface area contributed by atoms with E-state index >= 15 is 0 Å². The zero-order valence-electron chi connectivity index (χ0n) is 13.8. The van der Waals surface area contributed by atoms with Crippen LogP contribution in [0, 0.1) is 5.41 Å². The van der Waals surface area contributed by atoms with Crippen LogP contribution in [0.2, 0.25) is 0 Å². The molecule has 0 spiro atoms. The highest BCUT2D eigenvalue weighted by molar-refractivity contribution is 7.99. The largest absolute Gasteiger partial charge is 0.378 e. The van der Waals surface area contributed by atoms with Crippen molar-refractivity contribution in [3.8, 4) is 0 Å². The van der Waals surface area contributed by atoms with E-state index < -0.39 is 5.54 Å². The smallest absolute Gasteiger partial charge is 0.245 e. The normalized spacial score (nSPS) is 26.3. The van der Waals surface area contributed by atoms with Crippen LogP contribution in [0.1, 0.15) is 34.1 Å². The van der Waals surface area contributed by atoms with Crippen molar-refractivity contribution in [3.05, 3.63) is 24.3 Å². The number of thioether (sulfide) groups is 1. The summed E-state index contributed by atoms with van der Waals surface area (Å²) < 4.78 is 5.68. The topological polar surface area (TPSA) is 64.3 Å². The van der Waals surface area contributed by atoms with E-state index in [4.69, 9.17) is 10.5 Å². The van der Waals surface area contributed by atoms with Crippen molar-refractivity contribution in [2.45, 2.75) is 50.7 Å². The van der Waals surface area contributed by atoms with Crippen LogP contribution in [0.5, 0.6) is 0 Å². The summed E-state index contributed by atoms with van der Waals surface area (Å²) in [5.41, 5.74) is 5.93. The zero-order chi connectivity index (χ0) is 16.4. The van der Waals surface area contributed by atoms with Gasteiger partial charge < -0.3 is 15.8 Å². The Labute approximate surface area is 137 Å². The first-order valence-corrected chi connectivity index (χ1v) is 8.78. The second kappa shape index (κ2) is 6.60.